The van der Waals surface area contributed by atoms with E-state index in [4.69, 9.17) is 5.41 Å². The summed E-state index contributed by atoms with van der Waals surface area (Å²) in [4.78, 5) is 11.3. The van der Waals surface area contributed by atoms with Gasteiger partial charge in [0.2, 0.25) is 0 Å². The van der Waals surface area contributed by atoms with Crippen molar-refractivity contribution >= 4 is 33.6 Å². The zero-order valence-electron chi connectivity index (χ0n) is 11.6. The van der Waals surface area contributed by atoms with Gasteiger partial charge in [-0.1, -0.05) is 22.0 Å². The smallest absolute Gasteiger partial charge is 0.130 e. The van der Waals surface area contributed by atoms with Crippen LogP contribution in [0.15, 0.2) is 40.6 Å². The Morgan fingerprint density at radius 2 is 2.19 bits per heavy atom. The van der Waals surface area contributed by atoms with Gasteiger partial charge in [0.1, 0.15) is 6.29 Å². The SMILES string of the molecule is N=C(C(C=O)CNc1ccc(Br)cc1)C1CC=C(F)CC1. The van der Waals surface area contributed by atoms with Gasteiger partial charge in [0.05, 0.1) is 11.7 Å². The number of nitrogens with one attached hydrogen (secondary N) is 2. The highest BCUT2D eigenvalue weighted by atomic mass is 79.9. The van der Waals surface area contributed by atoms with Crippen LogP contribution < -0.4 is 5.32 Å². The van der Waals surface area contributed by atoms with Crippen molar-refractivity contribution in [1.82, 2.24) is 0 Å². The van der Waals surface area contributed by atoms with Crippen LogP contribution in [0.4, 0.5) is 10.1 Å². The largest absolute Gasteiger partial charge is 0.384 e. The minimum absolute atomic E-state index is 0.0218. The minimum atomic E-state index is -0.465. The van der Waals surface area contributed by atoms with Gasteiger partial charge in [-0.25, -0.2) is 4.39 Å². The molecular weight excluding hydrogens is 335 g/mol. The van der Waals surface area contributed by atoms with Crippen LogP contribution in [0, 0.1) is 17.2 Å². The molecule has 0 saturated heterocycles. The van der Waals surface area contributed by atoms with Crippen LogP contribution in [0.5, 0.6) is 0 Å². The first-order chi connectivity index (χ1) is 10.1. The van der Waals surface area contributed by atoms with Gasteiger partial charge in [-0.2, -0.15) is 0 Å². The van der Waals surface area contributed by atoms with Crippen LogP contribution in [0.25, 0.3) is 0 Å². The highest BCUT2D eigenvalue weighted by Crippen LogP contribution is 2.27. The average Bonchev–Trinajstić information content (AvgIpc) is 2.50. The normalized spacial score (nSPS) is 19.5. The maximum atomic E-state index is 13.0. The van der Waals surface area contributed by atoms with E-state index in [-0.39, 0.29) is 11.7 Å². The molecule has 0 radical (unpaired) electrons. The molecule has 0 spiro atoms. The first-order valence-electron chi connectivity index (χ1n) is 6.97. The highest BCUT2D eigenvalue weighted by molar-refractivity contribution is 9.10. The molecule has 1 aromatic rings. The summed E-state index contributed by atoms with van der Waals surface area (Å²) in [6.07, 6.45) is 3.85. The average molecular weight is 353 g/mol. The van der Waals surface area contributed by atoms with Crippen LogP contribution in [0.2, 0.25) is 0 Å². The van der Waals surface area contributed by atoms with Crippen molar-refractivity contribution in [3.05, 3.63) is 40.6 Å². The maximum Gasteiger partial charge on any atom is 0.130 e. The van der Waals surface area contributed by atoms with Gasteiger partial charge < -0.3 is 15.5 Å². The van der Waals surface area contributed by atoms with Gasteiger partial charge in [0.25, 0.3) is 0 Å². The number of halogens is 2. The van der Waals surface area contributed by atoms with E-state index in [2.05, 4.69) is 21.2 Å². The van der Waals surface area contributed by atoms with Crippen molar-refractivity contribution in [3.63, 3.8) is 0 Å². The number of carbonyl (C=O) groups is 1. The fourth-order valence-electron chi connectivity index (χ4n) is 2.41. The lowest BCUT2D eigenvalue weighted by Crippen LogP contribution is -2.30. The molecule has 2 atom stereocenters. The molecule has 112 valence electrons. The molecule has 2 N–H and O–H groups in total. The lowest BCUT2D eigenvalue weighted by Gasteiger charge is -2.23. The fourth-order valence-corrected chi connectivity index (χ4v) is 2.68. The number of hydrogen-bond donors (Lipinski definition) is 2. The van der Waals surface area contributed by atoms with Crippen molar-refractivity contribution in [2.24, 2.45) is 11.8 Å². The van der Waals surface area contributed by atoms with Crippen LogP contribution in [-0.2, 0) is 4.79 Å². The Balaban J connectivity index is 1.91. The summed E-state index contributed by atoms with van der Waals surface area (Å²) in [6.45, 7) is 0.395. The second kappa shape index (κ2) is 7.50. The highest BCUT2D eigenvalue weighted by Gasteiger charge is 2.24. The monoisotopic (exact) mass is 352 g/mol. The summed E-state index contributed by atoms with van der Waals surface area (Å²) in [5.74, 6) is -0.589. The third kappa shape index (κ3) is 4.49. The van der Waals surface area contributed by atoms with E-state index in [1.54, 1.807) is 0 Å². The van der Waals surface area contributed by atoms with Gasteiger partial charge in [-0.3, -0.25) is 0 Å². The first kappa shape index (κ1) is 15.9. The predicted octanol–water partition coefficient (Wildman–Crippen LogP) is 4.35. The lowest BCUT2D eigenvalue weighted by atomic mass is 9.84. The molecule has 0 aromatic heterocycles. The summed E-state index contributed by atoms with van der Waals surface area (Å²) in [5, 5.41) is 11.3. The molecule has 1 aliphatic carbocycles. The van der Waals surface area contributed by atoms with E-state index in [0.29, 0.717) is 31.5 Å². The standard InChI is InChI=1S/C16H18BrFN2O/c17-13-3-7-15(8-4-13)20-9-12(10-21)16(19)11-1-5-14(18)6-2-11/h3-5,7-8,10-12,19-20H,1-2,6,9H2. The number of hydrogen-bond acceptors (Lipinski definition) is 3. The maximum absolute atomic E-state index is 13.0. The van der Waals surface area contributed by atoms with Crippen molar-refractivity contribution < 1.29 is 9.18 Å². The molecule has 2 unspecified atom stereocenters. The molecule has 21 heavy (non-hydrogen) atoms. The Kier molecular flexibility index (Phi) is 5.67. The second-order valence-electron chi connectivity index (χ2n) is 5.21. The van der Waals surface area contributed by atoms with Crippen molar-refractivity contribution in [2.75, 3.05) is 11.9 Å². The van der Waals surface area contributed by atoms with Gasteiger partial charge in [-0.15, -0.1) is 0 Å². The number of carbonyl (C=O) groups excluding carboxylic acids is 1. The van der Waals surface area contributed by atoms with Gasteiger partial charge in [0.15, 0.2) is 0 Å². The number of aldehydes is 1. The van der Waals surface area contributed by atoms with E-state index >= 15 is 0 Å². The zero-order valence-corrected chi connectivity index (χ0v) is 13.2. The topological polar surface area (TPSA) is 53.0 Å². The summed E-state index contributed by atoms with van der Waals surface area (Å²) in [5.41, 5.74) is 1.31. The quantitative estimate of drug-likeness (QED) is 0.590. The van der Waals surface area contributed by atoms with Crippen molar-refractivity contribution in [3.8, 4) is 0 Å². The Hall–Kier alpha value is -1.49. The van der Waals surface area contributed by atoms with E-state index in [1.807, 2.05) is 24.3 Å². The molecule has 3 nitrogen and oxygen atoms in total. The van der Waals surface area contributed by atoms with E-state index in [9.17, 15) is 9.18 Å². The second-order valence-corrected chi connectivity index (χ2v) is 6.12. The molecule has 0 amide bonds. The lowest BCUT2D eigenvalue weighted by molar-refractivity contribution is -0.109. The first-order valence-corrected chi connectivity index (χ1v) is 7.77. The number of rotatable bonds is 6. The van der Waals surface area contributed by atoms with Crippen molar-refractivity contribution in [1.29, 1.82) is 5.41 Å². The zero-order chi connectivity index (χ0) is 15.2. The Bertz CT molecular complexity index is 542. The molecule has 0 fully saturated rings. The van der Waals surface area contributed by atoms with Crippen molar-refractivity contribution in [2.45, 2.75) is 19.3 Å². The molecule has 0 saturated carbocycles. The molecule has 0 aliphatic heterocycles. The van der Waals surface area contributed by atoms with Crippen LogP contribution in [-0.4, -0.2) is 18.5 Å². The number of anilines is 1. The summed E-state index contributed by atoms with van der Waals surface area (Å²) in [7, 11) is 0. The van der Waals surface area contributed by atoms with E-state index < -0.39 is 5.92 Å². The minimum Gasteiger partial charge on any atom is -0.384 e. The van der Waals surface area contributed by atoms with Crippen LogP contribution in [0.1, 0.15) is 19.3 Å². The molecule has 5 heteroatoms. The van der Waals surface area contributed by atoms with Gasteiger partial charge in [0, 0.05) is 28.3 Å². The van der Waals surface area contributed by atoms with Gasteiger partial charge >= 0.3 is 0 Å². The fraction of sp³-hybridized carbons (Fsp3) is 0.375. The van der Waals surface area contributed by atoms with Crippen LogP contribution >= 0.6 is 15.9 Å². The van der Waals surface area contributed by atoms with E-state index in [0.717, 1.165) is 16.4 Å². The van der Waals surface area contributed by atoms with Crippen LogP contribution in [0.3, 0.4) is 0 Å². The van der Waals surface area contributed by atoms with Gasteiger partial charge in [-0.05, 0) is 43.5 Å². The Morgan fingerprint density at radius 1 is 1.48 bits per heavy atom. The Morgan fingerprint density at radius 3 is 2.76 bits per heavy atom. The third-order valence-corrected chi connectivity index (χ3v) is 4.26. The number of benzene rings is 1. The third-order valence-electron chi connectivity index (χ3n) is 3.73. The van der Waals surface area contributed by atoms with E-state index in [1.165, 1.54) is 6.08 Å². The Labute approximate surface area is 132 Å². The molecule has 1 aliphatic rings. The molecule has 0 heterocycles. The summed E-state index contributed by atoms with van der Waals surface area (Å²) >= 11 is 3.37. The summed E-state index contributed by atoms with van der Waals surface area (Å²) in [6, 6.07) is 7.65. The summed E-state index contributed by atoms with van der Waals surface area (Å²) < 4.78 is 14.0. The molecule has 2 rings (SSSR count). The molecule has 0 bridgehead atoms. The molecular formula is C16H18BrFN2O. The molecule has 1 aromatic carbocycles. The number of allylic oxidation sites excluding steroid dienone is 2. The predicted molar refractivity (Wildman–Crippen MR) is 86.4 cm³/mol.